The third-order valence-electron chi connectivity index (χ3n) is 4.62. The predicted octanol–water partition coefficient (Wildman–Crippen LogP) is 2.09. The molecule has 0 atom stereocenters. The van der Waals surface area contributed by atoms with Crippen LogP contribution in [-0.2, 0) is 0 Å². The third-order valence-corrected chi connectivity index (χ3v) is 4.62. The van der Waals surface area contributed by atoms with Gasteiger partial charge in [0.05, 0.1) is 0 Å². The first-order valence-corrected chi connectivity index (χ1v) is 8.69. The van der Waals surface area contributed by atoms with E-state index in [1.54, 1.807) is 18.3 Å². The van der Waals surface area contributed by atoms with E-state index in [1.165, 1.54) is 0 Å². The highest BCUT2D eigenvalue weighted by Crippen LogP contribution is 2.17. The molecule has 6 nitrogen and oxygen atoms in total. The van der Waals surface area contributed by atoms with Crippen molar-refractivity contribution in [2.45, 2.75) is 18.9 Å². The average molecular weight is 340 g/mol. The molecule has 1 aromatic heterocycles. The van der Waals surface area contributed by atoms with Gasteiger partial charge in [0, 0.05) is 31.9 Å². The molecule has 0 bridgehead atoms. The van der Waals surface area contributed by atoms with Crippen molar-refractivity contribution in [1.82, 2.24) is 20.0 Å². The van der Waals surface area contributed by atoms with Gasteiger partial charge in [-0.3, -0.25) is 9.69 Å². The van der Waals surface area contributed by atoms with Crippen LogP contribution in [0.1, 0.15) is 23.3 Å². The molecule has 6 heteroatoms. The van der Waals surface area contributed by atoms with Crippen LogP contribution in [0.5, 0.6) is 5.75 Å². The fourth-order valence-electron chi connectivity index (χ4n) is 3.09. The zero-order chi connectivity index (χ0) is 17.5. The monoisotopic (exact) mass is 340 g/mol. The number of carbonyl (C=O) groups excluding carboxylic acids is 1. The molecule has 132 valence electrons. The van der Waals surface area contributed by atoms with Crippen LogP contribution in [-0.4, -0.2) is 65.2 Å². The van der Waals surface area contributed by atoms with Gasteiger partial charge in [0.25, 0.3) is 5.91 Å². The number of hydrogen-bond acceptors (Lipinski definition) is 5. The smallest absolute Gasteiger partial charge is 0.274 e. The highest BCUT2D eigenvalue weighted by molar-refractivity contribution is 5.92. The number of ether oxygens (including phenoxy) is 1. The van der Waals surface area contributed by atoms with E-state index in [4.69, 9.17) is 4.74 Å². The van der Waals surface area contributed by atoms with Crippen LogP contribution in [0.3, 0.4) is 0 Å². The molecule has 1 saturated heterocycles. The van der Waals surface area contributed by atoms with Gasteiger partial charge < -0.3 is 9.64 Å². The number of piperidine rings is 1. The Bertz CT molecular complexity index is 658. The minimum atomic E-state index is -0.0263. The number of benzene rings is 1. The Hall–Kier alpha value is -2.47. The number of hydrogen-bond donors (Lipinski definition) is 0. The summed E-state index contributed by atoms with van der Waals surface area (Å²) in [4.78, 5) is 16.6. The van der Waals surface area contributed by atoms with Crippen molar-refractivity contribution >= 4 is 5.91 Å². The molecule has 0 aliphatic carbocycles. The maximum absolute atomic E-state index is 12.4. The Balaban J connectivity index is 1.41. The molecule has 1 aromatic carbocycles. The van der Waals surface area contributed by atoms with Gasteiger partial charge in [-0.1, -0.05) is 18.2 Å². The van der Waals surface area contributed by atoms with Gasteiger partial charge in [-0.2, -0.15) is 5.10 Å². The third kappa shape index (κ3) is 4.76. The van der Waals surface area contributed by atoms with Crippen molar-refractivity contribution in [1.29, 1.82) is 0 Å². The van der Waals surface area contributed by atoms with Crippen molar-refractivity contribution in [3.05, 3.63) is 54.4 Å². The van der Waals surface area contributed by atoms with Gasteiger partial charge in [0.15, 0.2) is 5.69 Å². The van der Waals surface area contributed by atoms with Crippen LogP contribution in [0, 0.1) is 0 Å². The molecule has 1 amide bonds. The summed E-state index contributed by atoms with van der Waals surface area (Å²) in [7, 11) is 2.12. The molecule has 0 N–H and O–H groups in total. The molecule has 2 aromatic rings. The molecular formula is C19H24N4O2. The summed E-state index contributed by atoms with van der Waals surface area (Å²) < 4.78 is 5.76. The second kappa shape index (κ2) is 8.58. The number of rotatable bonds is 6. The fourth-order valence-corrected chi connectivity index (χ4v) is 3.09. The summed E-state index contributed by atoms with van der Waals surface area (Å²) in [5, 5.41) is 7.69. The Kier molecular flexibility index (Phi) is 5.95. The summed E-state index contributed by atoms with van der Waals surface area (Å²) in [5.41, 5.74) is 0.422. The topological polar surface area (TPSA) is 58.6 Å². The Morgan fingerprint density at radius 1 is 1.20 bits per heavy atom. The van der Waals surface area contributed by atoms with Crippen molar-refractivity contribution in [2.75, 3.05) is 33.3 Å². The largest absolute Gasteiger partial charge is 0.492 e. The van der Waals surface area contributed by atoms with Crippen LogP contribution in [0.15, 0.2) is 48.7 Å². The summed E-state index contributed by atoms with van der Waals surface area (Å²) in [6.45, 7) is 3.05. The molecule has 0 saturated carbocycles. The van der Waals surface area contributed by atoms with E-state index in [2.05, 4.69) is 22.1 Å². The molecule has 0 radical (unpaired) electrons. The molecule has 0 spiro atoms. The molecular weight excluding hydrogens is 316 g/mol. The zero-order valence-electron chi connectivity index (χ0n) is 14.5. The summed E-state index contributed by atoms with van der Waals surface area (Å²) in [5.74, 6) is 0.877. The molecule has 2 heterocycles. The van der Waals surface area contributed by atoms with Gasteiger partial charge in [-0.25, -0.2) is 0 Å². The maximum atomic E-state index is 12.4. The van der Waals surface area contributed by atoms with E-state index >= 15 is 0 Å². The minimum absolute atomic E-state index is 0.0263. The van der Waals surface area contributed by atoms with Crippen molar-refractivity contribution < 1.29 is 9.53 Å². The number of para-hydroxylation sites is 1. The SMILES string of the molecule is CN(CCOc1ccccc1)C1CCN(C(=O)c2cccnn2)CC1. The van der Waals surface area contributed by atoms with Crippen LogP contribution < -0.4 is 4.74 Å². The Morgan fingerprint density at radius 3 is 2.64 bits per heavy atom. The number of likely N-dealkylation sites (N-methyl/N-ethyl adjacent to an activating group) is 1. The first kappa shape index (κ1) is 17.4. The summed E-state index contributed by atoms with van der Waals surface area (Å²) in [6, 6.07) is 13.8. The van der Waals surface area contributed by atoms with Crippen LogP contribution in [0.4, 0.5) is 0 Å². The number of carbonyl (C=O) groups is 1. The number of amides is 1. The first-order valence-electron chi connectivity index (χ1n) is 8.69. The van der Waals surface area contributed by atoms with E-state index in [0.29, 0.717) is 18.3 Å². The minimum Gasteiger partial charge on any atom is -0.492 e. The van der Waals surface area contributed by atoms with Crippen molar-refractivity contribution in [3.8, 4) is 5.75 Å². The van der Waals surface area contributed by atoms with Crippen molar-refractivity contribution in [2.24, 2.45) is 0 Å². The Morgan fingerprint density at radius 2 is 1.96 bits per heavy atom. The van der Waals surface area contributed by atoms with Crippen LogP contribution in [0.25, 0.3) is 0 Å². The van der Waals surface area contributed by atoms with E-state index < -0.39 is 0 Å². The van der Waals surface area contributed by atoms with E-state index in [1.807, 2.05) is 35.2 Å². The molecule has 3 rings (SSSR count). The molecule has 1 aliphatic rings. The van der Waals surface area contributed by atoms with E-state index in [9.17, 15) is 4.79 Å². The molecule has 1 fully saturated rings. The predicted molar refractivity (Wildman–Crippen MR) is 95.5 cm³/mol. The van der Waals surface area contributed by atoms with Gasteiger partial charge in [-0.15, -0.1) is 5.10 Å². The number of aromatic nitrogens is 2. The number of likely N-dealkylation sites (tertiary alicyclic amines) is 1. The number of nitrogens with zero attached hydrogens (tertiary/aromatic N) is 4. The summed E-state index contributed by atoms with van der Waals surface area (Å²) in [6.07, 6.45) is 3.51. The lowest BCUT2D eigenvalue weighted by Crippen LogP contribution is -2.46. The van der Waals surface area contributed by atoms with E-state index in [-0.39, 0.29) is 5.91 Å². The molecule has 25 heavy (non-hydrogen) atoms. The van der Waals surface area contributed by atoms with E-state index in [0.717, 1.165) is 38.2 Å². The second-order valence-electron chi connectivity index (χ2n) is 6.27. The second-order valence-corrected chi connectivity index (χ2v) is 6.27. The maximum Gasteiger partial charge on any atom is 0.274 e. The fraction of sp³-hybridized carbons (Fsp3) is 0.421. The lowest BCUT2D eigenvalue weighted by atomic mass is 10.0. The lowest BCUT2D eigenvalue weighted by molar-refractivity contribution is 0.0626. The average Bonchev–Trinajstić information content (AvgIpc) is 2.69. The lowest BCUT2D eigenvalue weighted by Gasteiger charge is -2.36. The molecule has 1 aliphatic heterocycles. The normalized spacial score (nSPS) is 15.4. The Labute approximate surface area is 148 Å². The first-order chi connectivity index (χ1) is 12.2. The highest BCUT2D eigenvalue weighted by atomic mass is 16.5. The standard InChI is InChI=1S/C19H24N4O2/c1-22(14-15-25-17-6-3-2-4-7-17)16-9-12-23(13-10-16)19(24)18-8-5-11-20-21-18/h2-8,11,16H,9-10,12-15H2,1H3. The highest BCUT2D eigenvalue weighted by Gasteiger charge is 2.26. The quantitative estimate of drug-likeness (QED) is 0.806. The van der Waals surface area contributed by atoms with Crippen LogP contribution in [0.2, 0.25) is 0 Å². The van der Waals surface area contributed by atoms with Gasteiger partial charge in [0.2, 0.25) is 0 Å². The van der Waals surface area contributed by atoms with Gasteiger partial charge in [-0.05, 0) is 44.2 Å². The van der Waals surface area contributed by atoms with Crippen molar-refractivity contribution in [3.63, 3.8) is 0 Å². The van der Waals surface area contributed by atoms with Crippen LogP contribution >= 0.6 is 0 Å². The molecule has 0 unspecified atom stereocenters. The summed E-state index contributed by atoms with van der Waals surface area (Å²) >= 11 is 0. The van der Waals surface area contributed by atoms with Gasteiger partial charge >= 0.3 is 0 Å². The zero-order valence-corrected chi connectivity index (χ0v) is 14.5. The van der Waals surface area contributed by atoms with Gasteiger partial charge in [0.1, 0.15) is 12.4 Å².